The van der Waals surface area contributed by atoms with Gasteiger partial charge in [-0.15, -0.1) is 0 Å². The number of hydrogen-bond acceptors (Lipinski definition) is 3. The molecular weight excluding hydrogens is 245 g/mol. The van der Waals surface area contributed by atoms with Crippen molar-refractivity contribution in [3.8, 4) is 0 Å². The SMILES string of the molecule is O=C(Nc1ccc(F)cn1)[C@@H]1Cc2ccccc2N1. The van der Waals surface area contributed by atoms with Crippen molar-refractivity contribution in [3.05, 3.63) is 54.0 Å². The van der Waals surface area contributed by atoms with Gasteiger partial charge in [-0.3, -0.25) is 4.79 Å². The summed E-state index contributed by atoms with van der Waals surface area (Å²) < 4.78 is 12.7. The van der Waals surface area contributed by atoms with E-state index in [0.717, 1.165) is 17.4 Å². The Morgan fingerprint density at radius 1 is 1.32 bits per heavy atom. The lowest BCUT2D eigenvalue weighted by atomic mass is 10.1. The minimum atomic E-state index is -0.426. The maximum Gasteiger partial charge on any atom is 0.248 e. The number of hydrogen-bond donors (Lipinski definition) is 2. The van der Waals surface area contributed by atoms with Crippen LogP contribution >= 0.6 is 0 Å². The summed E-state index contributed by atoms with van der Waals surface area (Å²) in [6.07, 6.45) is 1.72. The summed E-state index contributed by atoms with van der Waals surface area (Å²) in [5.74, 6) is -0.246. The van der Waals surface area contributed by atoms with Crippen molar-refractivity contribution >= 4 is 17.4 Å². The predicted octanol–water partition coefficient (Wildman–Crippen LogP) is 2.20. The number of nitrogens with one attached hydrogen (secondary N) is 2. The van der Waals surface area contributed by atoms with E-state index >= 15 is 0 Å². The van der Waals surface area contributed by atoms with Crippen molar-refractivity contribution in [2.24, 2.45) is 0 Å². The number of benzene rings is 1. The summed E-state index contributed by atoms with van der Waals surface area (Å²) in [7, 11) is 0. The molecule has 1 aliphatic heterocycles. The summed E-state index contributed by atoms with van der Waals surface area (Å²) >= 11 is 0. The normalized spacial score (nSPS) is 16.6. The van der Waals surface area contributed by atoms with Crippen LogP contribution in [0.2, 0.25) is 0 Å². The quantitative estimate of drug-likeness (QED) is 0.867. The summed E-state index contributed by atoms with van der Waals surface area (Å²) in [5.41, 5.74) is 2.10. The van der Waals surface area contributed by atoms with Gasteiger partial charge in [0.1, 0.15) is 17.7 Å². The molecule has 1 aromatic heterocycles. The van der Waals surface area contributed by atoms with E-state index < -0.39 is 5.82 Å². The smallest absolute Gasteiger partial charge is 0.248 e. The number of nitrogens with zero attached hydrogens (tertiary/aromatic N) is 1. The summed E-state index contributed by atoms with van der Waals surface area (Å²) in [5, 5.41) is 5.82. The van der Waals surface area contributed by atoms with Crippen LogP contribution in [0.5, 0.6) is 0 Å². The second-order valence-corrected chi connectivity index (χ2v) is 4.41. The predicted molar refractivity (Wildman–Crippen MR) is 70.4 cm³/mol. The van der Waals surface area contributed by atoms with E-state index in [9.17, 15) is 9.18 Å². The van der Waals surface area contributed by atoms with E-state index in [2.05, 4.69) is 15.6 Å². The number of para-hydroxylation sites is 1. The monoisotopic (exact) mass is 257 g/mol. The van der Waals surface area contributed by atoms with Crippen molar-refractivity contribution in [3.63, 3.8) is 0 Å². The summed E-state index contributed by atoms with van der Waals surface area (Å²) in [6.45, 7) is 0. The highest BCUT2D eigenvalue weighted by molar-refractivity contribution is 5.97. The van der Waals surface area contributed by atoms with Crippen LogP contribution in [0.25, 0.3) is 0 Å². The average molecular weight is 257 g/mol. The maximum atomic E-state index is 12.7. The van der Waals surface area contributed by atoms with Crippen molar-refractivity contribution in [2.75, 3.05) is 10.6 Å². The molecule has 5 heteroatoms. The molecule has 1 aromatic carbocycles. The molecule has 19 heavy (non-hydrogen) atoms. The number of anilines is 2. The molecule has 0 radical (unpaired) electrons. The highest BCUT2D eigenvalue weighted by atomic mass is 19.1. The van der Waals surface area contributed by atoms with E-state index in [1.807, 2.05) is 24.3 Å². The molecule has 2 heterocycles. The first kappa shape index (κ1) is 11.6. The highest BCUT2D eigenvalue weighted by Crippen LogP contribution is 2.25. The second-order valence-electron chi connectivity index (χ2n) is 4.41. The van der Waals surface area contributed by atoms with Gasteiger partial charge in [-0.1, -0.05) is 18.2 Å². The number of rotatable bonds is 2. The molecule has 2 N–H and O–H groups in total. The van der Waals surface area contributed by atoms with E-state index in [4.69, 9.17) is 0 Å². The number of amides is 1. The standard InChI is InChI=1S/C14H12FN3O/c15-10-5-6-13(16-8-10)18-14(19)12-7-9-3-1-2-4-11(9)17-12/h1-6,8,12,17H,7H2,(H,16,18,19)/t12-/m0/s1. The molecule has 96 valence electrons. The number of carbonyl (C=O) groups excluding carboxylic acids is 1. The van der Waals surface area contributed by atoms with Gasteiger partial charge in [-0.2, -0.15) is 0 Å². The molecule has 0 spiro atoms. The zero-order valence-corrected chi connectivity index (χ0v) is 10.1. The zero-order valence-electron chi connectivity index (χ0n) is 10.1. The number of halogens is 1. The van der Waals surface area contributed by atoms with Crippen LogP contribution in [0.4, 0.5) is 15.9 Å². The van der Waals surface area contributed by atoms with Gasteiger partial charge in [0.2, 0.25) is 5.91 Å². The zero-order chi connectivity index (χ0) is 13.2. The van der Waals surface area contributed by atoms with E-state index in [1.165, 1.54) is 12.1 Å². The molecule has 1 atom stereocenters. The van der Waals surface area contributed by atoms with Crippen LogP contribution < -0.4 is 10.6 Å². The van der Waals surface area contributed by atoms with E-state index in [0.29, 0.717) is 12.2 Å². The molecule has 0 bridgehead atoms. The Hall–Kier alpha value is -2.43. The van der Waals surface area contributed by atoms with Crippen LogP contribution in [-0.2, 0) is 11.2 Å². The fourth-order valence-electron chi connectivity index (χ4n) is 2.12. The van der Waals surface area contributed by atoms with Crippen LogP contribution in [0.3, 0.4) is 0 Å². The van der Waals surface area contributed by atoms with Gasteiger partial charge < -0.3 is 10.6 Å². The van der Waals surface area contributed by atoms with Gasteiger partial charge in [0.15, 0.2) is 0 Å². The van der Waals surface area contributed by atoms with Gasteiger partial charge >= 0.3 is 0 Å². The third kappa shape index (κ3) is 2.40. The number of aromatic nitrogens is 1. The largest absolute Gasteiger partial charge is 0.373 e. The Labute approximate surface area is 109 Å². The molecular formula is C14H12FN3O. The fourth-order valence-corrected chi connectivity index (χ4v) is 2.12. The molecule has 2 aromatic rings. The third-order valence-corrected chi connectivity index (χ3v) is 3.07. The minimum Gasteiger partial charge on any atom is -0.373 e. The lowest BCUT2D eigenvalue weighted by molar-refractivity contribution is -0.116. The maximum absolute atomic E-state index is 12.7. The van der Waals surface area contributed by atoms with Crippen molar-refractivity contribution in [2.45, 2.75) is 12.5 Å². The average Bonchev–Trinajstić information content (AvgIpc) is 2.85. The molecule has 0 aliphatic carbocycles. The van der Waals surface area contributed by atoms with Crippen molar-refractivity contribution in [1.82, 2.24) is 4.98 Å². The Kier molecular flexibility index (Phi) is 2.87. The number of fused-ring (bicyclic) bond motifs is 1. The molecule has 1 aliphatic rings. The molecule has 0 fully saturated rings. The summed E-state index contributed by atoms with van der Waals surface area (Å²) in [4.78, 5) is 15.9. The summed E-state index contributed by atoms with van der Waals surface area (Å²) in [6, 6.07) is 10.2. The molecule has 1 amide bonds. The lowest BCUT2D eigenvalue weighted by Gasteiger charge is -2.11. The first-order chi connectivity index (χ1) is 9.22. The third-order valence-electron chi connectivity index (χ3n) is 3.07. The Morgan fingerprint density at radius 3 is 2.89 bits per heavy atom. The first-order valence-corrected chi connectivity index (χ1v) is 5.99. The van der Waals surface area contributed by atoms with Gasteiger partial charge in [0.05, 0.1) is 6.20 Å². The topological polar surface area (TPSA) is 54.0 Å². The van der Waals surface area contributed by atoms with Gasteiger partial charge in [0.25, 0.3) is 0 Å². The van der Waals surface area contributed by atoms with Gasteiger partial charge in [0, 0.05) is 12.1 Å². The molecule has 0 saturated carbocycles. The van der Waals surface area contributed by atoms with Crippen LogP contribution in [0.1, 0.15) is 5.56 Å². The lowest BCUT2D eigenvalue weighted by Crippen LogP contribution is -2.33. The van der Waals surface area contributed by atoms with Gasteiger partial charge in [-0.05, 0) is 23.8 Å². The molecule has 4 nitrogen and oxygen atoms in total. The van der Waals surface area contributed by atoms with Crippen molar-refractivity contribution in [1.29, 1.82) is 0 Å². The van der Waals surface area contributed by atoms with E-state index in [-0.39, 0.29) is 11.9 Å². The Bertz CT molecular complexity index is 587. The minimum absolute atomic E-state index is 0.171. The molecule has 0 saturated heterocycles. The Morgan fingerprint density at radius 2 is 2.16 bits per heavy atom. The fraction of sp³-hybridized carbons (Fsp3) is 0.143. The van der Waals surface area contributed by atoms with Gasteiger partial charge in [-0.25, -0.2) is 9.37 Å². The van der Waals surface area contributed by atoms with Crippen LogP contribution in [0.15, 0.2) is 42.6 Å². The van der Waals surface area contributed by atoms with Crippen LogP contribution in [-0.4, -0.2) is 16.9 Å². The van der Waals surface area contributed by atoms with Crippen LogP contribution in [0, 0.1) is 5.82 Å². The molecule has 0 unspecified atom stereocenters. The molecule has 3 rings (SSSR count). The second kappa shape index (κ2) is 4.68. The highest BCUT2D eigenvalue weighted by Gasteiger charge is 2.26. The Balaban J connectivity index is 1.68. The van der Waals surface area contributed by atoms with E-state index in [1.54, 1.807) is 0 Å². The number of pyridine rings is 1. The first-order valence-electron chi connectivity index (χ1n) is 5.99. The number of carbonyl (C=O) groups is 1. The van der Waals surface area contributed by atoms with Crippen molar-refractivity contribution < 1.29 is 9.18 Å².